The van der Waals surface area contributed by atoms with Crippen LogP contribution in [0.4, 0.5) is 14.9 Å². The summed E-state index contributed by atoms with van der Waals surface area (Å²) in [6.45, 7) is 4.84. The molecule has 0 aliphatic carbocycles. The van der Waals surface area contributed by atoms with Crippen LogP contribution in [0.15, 0.2) is 54.6 Å². The number of aryl methyl sites for hydroxylation is 1. The van der Waals surface area contributed by atoms with Gasteiger partial charge in [-0.05, 0) is 78.9 Å². The maximum Gasteiger partial charge on any atom is 0.421 e. The van der Waals surface area contributed by atoms with Crippen LogP contribution in [-0.2, 0) is 39.3 Å². The molecule has 16 heteroatoms. The molecule has 3 aromatic rings. The van der Waals surface area contributed by atoms with Gasteiger partial charge in [-0.15, -0.1) is 0 Å². The van der Waals surface area contributed by atoms with Gasteiger partial charge in [0.1, 0.15) is 23.6 Å². The van der Waals surface area contributed by atoms with E-state index in [0.717, 1.165) is 11.2 Å². The number of methoxy groups -OCH3 is 1. The van der Waals surface area contributed by atoms with Crippen molar-refractivity contribution < 1.29 is 46.2 Å². The van der Waals surface area contributed by atoms with Gasteiger partial charge in [-0.2, -0.15) is 0 Å². The van der Waals surface area contributed by atoms with Gasteiger partial charge in [0.25, 0.3) is 5.91 Å². The van der Waals surface area contributed by atoms with Crippen LogP contribution >= 0.6 is 23.2 Å². The van der Waals surface area contributed by atoms with Crippen LogP contribution in [0.1, 0.15) is 67.3 Å². The Bertz CT molecular complexity index is 2040. The molecule has 3 atom stereocenters. The molecule has 0 unspecified atom stereocenters. The number of hydrogen-bond acceptors (Lipinski definition) is 9. The molecule has 52 heavy (non-hydrogen) atoms. The predicted molar refractivity (Wildman–Crippen MR) is 192 cm³/mol. The number of rotatable bonds is 11. The van der Waals surface area contributed by atoms with E-state index in [-0.39, 0.29) is 70.6 Å². The van der Waals surface area contributed by atoms with E-state index in [4.69, 9.17) is 37.4 Å². The van der Waals surface area contributed by atoms with Crippen molar-refractivity contribution in [1.82, 2.24) is 10.0 Å². The van der Waals surface area contributed by atoms with Crippen LogP contribution in [0.25, 0.3) is 0 Å². The Morgan fingerprint density at radius 3 is 2.35 bits per heavy atom. The number of nitrogens with zero attached hydrogens (tertiary/aromatic N) is 1. The third-order valence-corrected chi connectivity index (χ3v) is 10.7. The third kappa shape index (κ3) is 7.08. The molecule has 4 amide bonds. The molecule has 2 aliphatic rings. The molecule has 0 aromatic heterocycles. The Balaban J connectivity index is 1.83. The Labute approximate surface area is 310 Å². The first-order valence-electron chi connectivity index (χ1n) is 16.4. The minimum atomic E-state index is -3.99. The Kier molecular flexibility index (Phi) is 11.3. The lowest BCUT2D eigenvalue weighted by Gasteiger charge is -2.47. The topological polar surface area (TPSA) is 157 Å². The summed E-state index contributed by atoms with van der Waals surface area (Å²) in [4.78, 5) is 57.3. The molecule has 2 N–H and O–H groups in total. The summed E-state index contributed by atoms with van der Waals surface area (Å²) in [7, 11) is -2.57. The summed E-state index contributed by atoms with van der Waals surface area (Å²) in [6, 6.07) is 11.7. The van der Waals surface area contributed by atoms with Crippen molar-refractivity contribution in [2.24, 2.45) is 0 Å². The monoisotopic (exact) mass is 777 g/mol. The zero-order chi connectivity index (χ0) is 38.2. The highest BCUT2D eigenvalue weighted by Gasteiger charge is 2.65. The number of nitrogens with one attached hydrogen (secondary N) is 2. The van der Waals surface area contributed by atoms with Gasteiger partial charge in [0.05, 0.1) is 24.6 Å². The molecule has 0 bridgehead atoms. The van der Waals surface area contributed by atoms with Crippen LogP contribution in [0.3, 0.4) is 0 Å². The van der Waals surface area contributed by atoms with E-state index < -0.39 is 62.6 Å². The first kappa shape index (κ1) is 39.0. The van der Waals surface area contributed by atoms with E-state index in [9.17, 15) is 22.8 Å². The second-order valence-electron chi connectivity index (χ2n) is 12.7. The summed E-state index contributed by atoms with van der Waals surface area (Å²) in [5.74, 6) is -4.06. The van der Waals surface area contributed by atoms with Crippen LogP contribution in [0, 0.1) is 12.7 Å². The molecule has 1 saturated heterocycles. The zero-order valence-electron chi connectivity index (χ0n) is 29.0. The summed E-state index contributed by atoms with van der Waals surface area (Å²) in [5, 5.41) is 3.28. The molecule has 278 valence electrons. The van der Waals surface area contributed by atoms with Crippen LogP contribution < -0.4 is 19.7 Å². The van der Waals surface area contributed by atoms with Crippen molar-refractivity contribution in [3.05, 3.63) is 92.7 Å². The highest BCUT2D eigenvalue weighted by atomic mass is 35.5. The second kappa shape index (κ2) is 15.0. The van der Waals surface area contributed by atoms with E-state index in [1.165, 1.54) is 55.6 Å². The molecular formula is C36H38Cl2FN3O9S. The number of halogens is 3. The molecular weight excluding hydrogens is 740 g/mol. The van der Waals surface area contributed by atoms with E-state index >= 15 is 9.18 Å². The highest BCUT2D eigenvalue weighted by molar-refractivity contribution is 7.89. The highest BCUT2D eigenvalue weighted by Crippen LogP contribution is 2.61. The van der Waals surface area contributed by atoms with E-state index in [2.05, 4.69) is 5.32 Å². The Morgan fingerprint density at radius 1 is 1.02 bits per heavy atom. The molecule has 0 saturated carbocycles. The lowest BCUT2D eigenvalue weighted by molar-refractivity contribution is -0.136. The van der Waals surface area contributed by atoms with Gasteiger partial charge in [-0.3, -0.25) is 14.4 Å². The molecule has 1 fully saturated rings. The summed E-state index contributed by atoms with van der Waals surface area (Å²) >= 11 is 13.0. The number of piperidine rings is 1. The van der Waals surface area contributed by atoms with Crippen molar-refractivity contribution in [1.29, 1.82) is 0 Å². The smallest absolute Gasteiger partial charge is 0.421 e. The van der Waals surface area contributed by atoms with Gasteiger partial charge in [0, 0.05) is 35.1 Å². The first-order chi connectivity index (χ1) is 24.5. The average Bonchev–Trinajstić information content (AvgIpc) is 3.32. The van der Waals surface area contributed by atoms with E-state index in [1.54, 1.807) is 26.8 Å². The van der Waals surface area contributed by atoms with Gasteiger partial charge < -0.3 is 19.5 Å². The van der Waals surface area contributed by atoms with Crippen molar-refractivity contribution in [3.63, 3.8) is 0 Å². The van der Waals surface area contributed by atoms with Gasteiger partial charge in [0.15, 0.2) is 5.60 Å². The SMILES string of the molecule is CCC(CC)(Oc1ccc(Cl)cc1[C@H]1CC(=O)N[C@@H](c2cc(F)ccc2C)[C@]12C(=O)N(C(=O)OCCOC)c1cc(Cl)ccc12)C(=O)NS(C)(=O)=O. The lowest BCUT2D eigenvalue weighted by atomic mass is 9.58. The number of carbonyl (C=O) groups is 4. The van der Waals surface area contributed by atoms with Crippen molar-refractivity contribution in [3.8, 4) is 5.75 Å². The van der Waals surface area contributed by atoms with Gasteiger partial charge in [0.2, 0.25) is 21.8 Å². The molecule has 12 nitrogen and oxygen atoms in total. The number of carbonyl (C=O) groups excluding carboxylic acids is 4. The van der Waals surface area contributed by atoms with Crippen LogP contribution in [0.5, 0.6) is 5.75 Å². The number of hydrogen-bond donors (Lipinski definition) is 2. The van der Waals surface area contributed by atoms with Gasteiger partial charge in [-0.1, -0.05) is 49.2 Å². The average molecular weight is 779 g/mol. The fourth-order valence-electron chi connectivity index (χ4n) is 7.12. The number of ether oxygens (including phenoxy) is 3. The summed E-state index contributed by atoms with van der Waals surface area (Å²) < 4.78 is 58.3. The largest absolute Gasteiger partial charge is 0.477 e. The van der Waals surface area contributed by atoms with Crippen molar-refractivity contribution in [2.75, 3.05) is 31.5 Å². The molecule has 0 radical (unpaired) electrons. The minimum absolute atomic E-state index is 0.0231. The Hall–Kier alpha value is -4.24. The number of amides is 4. The Morgan fingerprint density at radius 2 is 1.69 bits per heavy atom. The van der Waals surface area contributed by atoms with Crippen molar-refractivity contribution in [2.45, 2.75) is 63.0 Å². The number of fused-ring (bicyclic) bond motifs is 2. The van der Waals surface area contributed by atoms with E-state index in [1.807, 2.05) is 4.72 Å². The van der Waals surface area contributed by atoms with E-state index in [0.29, 0.717) is 5.56 Å². The van der Waals surface area contributed by atoms with Crippen LogP contribution in [0.2, 0.25) is 10.0 Å². The van der Waals surface area contributed by atoms with Gasteiger partial charge >= 0.3 is 6.09 Å². The van der Waals surface area contributed by atoms with Crippen LogP contribution in [-0.4, -0.2) is 64.4 Å². The number of imide groups is 1. The van der Waals surface area contributed by atoms with Crippen molar-refractivity contribution >= 4 is 62.7 Å². The third-order valence-electron chi connectivity index (χ3n) is 9.64. The fraction of sp³-hybridized carbons (Fsp3) is 0.389. The van der Waals surface area contributed by atoms with Gasteiger partial charge in [-0.25, -0.2) is 27.2 Å². The first-order valence-corrected chi connectivity index (χ1v) is 19.0. The summed E-state index contributed by atoms with van der Waals surface area (Å²) in [6.07, 6.45) is -0.507. The standard InChI is InChI=1S/C36H38Cl2FN3O9S/c1-6-35(7-2,32(44)41-52(5,47)48)51-29-13-10-21(37)16-25(29)27-19-30(43)40-31(24-18-23(39)11-8-20(24)3)36(27)26-12-9-22(38)17-28(26)42(33(36)45)34(46)50-15-14-49-4/h8-13,16-18,27,31H,6-7,14-15,19H2,1-5H3,(H,40,43)(H,41,44)/t27-,31+,36-/m1/s1. The zero-order valence-corrected chi connectivity index (χ0v) is 31.4. The predicted octanol–water partition coefficient (Wildman–Crippen LogP) is 5.87. The quantitative estimate of drug-likeness (QED) is 0.228. The number of sulfonamides is 1. The molecule has 3 aromatic carbocycles. The molecule has 2 heterocycles. The molecule has 2 aliphatic heterocycles. The fourth-order valence-corrected chi connectivity index (χ4v) is 7.99. The summed E-state index contributed by atoms with van der Waals surface area (Å²) in [5.41, 5.74) is -2.29. The minimum Gasteiger partial charge on any atom is -0.477 e. The number of benzene rings is 3. The maximum absolute atomic E-state index is 15.4. The molecule has 5 rings (SSSR count). The normalized spacial score (nSPS) is 20.0. The number of anilines is 1. The second-order valence-corrected chi connectivity index (χ2v) is 15.3. The lowest BCUT2D eigenvalue weighted by Crippen LogP contribution is -2.59. The maximum atomic E-state index is 15.4. The molecule has 1 spiro atoms.